The number of nitrogens with one attached hydrogen (secondary N) is 1. The average Bonchev–Trinajstić information content (AvgIpc) is 2.78. The zero-order valence-corrected chi connectivity index (χ0v) is 20.8. The summed E-state index contributed by atoms with van der Waals surface area (Å²) < 4.78 is 43.6. The highest BCUT2D eigenvalue weighted by Gasteiger charge is 2.27. The first kappa shape index (κ1) is 25.3. The lowest BCUT2D eigenvalue weighted by molar-refractivity contribution is -0.118. The number of rotatable bonds is 8. The largest absolute Gasteiger partial charge is 0.495 e. The molecular weight excluding hydrogens is 468 g/mol. The number of methoxy groups -OCH3 is 1. The Hall–Kier alpha value is -2.33. The van der Waals surface area contributed by atoms with Gasteiger partial charge < -0.3 is 19.5 Å². The second kappa shape index (κ2) is 10.7. The number of halogens is 1. The topological polar surface area (TPSA) is 94.2 Å². The molecule has 2 aromatic carbocycles. The van der Waals surface area contributed by atoms with Crippen molar-refractivity contribution in [2.24, 2.45) is 0 Å². The Morgan fingerprint density at radius 3 is 2.52 bits per heavy atom. The first-order valence-corrected chi connectivity index (χ1v) is 12.4. The van der Waals surface area contributed by atoms with Gasteiger partial charge in [0.2, 0.25) is 10.0 Å². The Bertz CT molecular complexity index is 1110. The quantitative estimate of drug-likeness (QED) is 0.597. The maximum absolute atomic E-state index is 13.0. The molecule has 0 radical (unpaired) electrons. The maximum Gasteiger partial charge on any atom is 0.262 e. The molecule has 180 valence electrons. The Balaban J connectivity index is 1.75. The number of sulfonamides is 1. The third-order valence-corrected chi connectivity index (χ3v) is 7.55. The summed E-state index contributed by atoms with van der Waals surface area (Å²) in [6.45, 7) is 6.90. The Morgan fingerprint density at radius 1 is 1.18 bits per heavy atom. The van der Waals surface area contributed by atoms with Gasteiger partial charge in [-0.15, -0.1) is 0 Å². The minimum Gasteiger partial charge on any atom is -0.495 e. The molecule has 1 aliphatic rings. The SMILES string of the molecule is COc1ccc(S(=O)(=O)N2CCOCC2)cc1NC(=O)COc1cc(C(C)C)c(Cl)cc1C. The predicted octanol–water partition coefficient (Wildman–Crippen LogP) is 3.82. The highest BCUT2D eigenvalue weighted by molar-refractivity contribution is 7.89. The van der Waals surface area contributed by atoms with Gasteiger partial charge in [0.15, 0.2) is 6.61 Å². The maximum atomic E-state index is 13.0. The molecule has 1 heterocycles. The number of morpholine rings is 1. The van der Waals surface area contributed by atoms with Gasteiger partial charge in [0, 0.05) is 18.1 Å². The summed E-state index contributed by atoms with van der Waals surface area (Å²) in [7, 11) is -2.27. The van der Waals surface area contributed by atoms with E-state index in [1.165, 1.54) is 29.6 Å². The fourth-order valence-electron chi connectivity index (χ4n) is 3.48. The first-order valence-electron chi connectivity index (χ1n) is 10.6. The third kappa shape index (κ3) is 5.97. The van der Waals surface area contributed by atoms with Crippen molar-refractivity contribution < 1.29 is 27.4 Å². The van der Waals surface area contributed by atoms with Gasteiger partial charge in [0.25, 0.3) is 5.91 Å². The van der Waals surface area contributed by atoms with Crippen LogP contribution in [-0.4, -0.2) is 58.7 Å². The number of carbonyl (C=O) groups is 1. The summed E-state index contributed by atoms with van der Waals surface area (Å²) >= 11 is 6.30. The molecule has 1 saturated heterocycles. The molecule has 0 saturated carbocycles. The molecule has 1 N–H and O–H groups in total. The van der Waals surface area contributed by atoms with Crippen LogP contribution >= 0.6 is 11.6 Å². The van der Waals surface area contributed by atoms with E-state index < -0.39 is 15.9 Å². The lowest BCUT2D eigenvalue weighted by Crippen LogP contribution is -2.40. The van der Waals surface area contributed by atoms with Gasteiger partial charge in [-0.1, -0.05) is 25.4 Å². The van der Waals surface area contributed by atoms with Crippen molar-refractivity contribution in [3.8, 4) is 11.5 Å². The first-order chi connectivity index (χ1) is 15.6. The zero-order valence-electron chi connectivity index (χ0n) is 19.2. The number of nitrogens with zero attached hydrogens (tertiary/aromatic N) is 1. The molecule has 3 rings (SSSR count). The van der Waals surface area contributed by atoms with Crippen LogP contribution in [0.3, 0.4) is 0 Å². The number of amides is 1. The van der Waals surface area contributed by atoms with Crippen LogP contribution in [0.1, 0.15) is 30.9 Å². The summed E-state index contributed by atoms with van der Waals surface area (Å²) in [5.74, 6) is 0.660. The molecule has 0 aliphatic carbocycles. The van der Waals surface area contributed by atoms with Gasteiger partial charge in [0.05, 0.1) is 30.9 Å². The molecule has 1 amide bonds. The number of ether oxygens (including phenoxy) is 3. The van der Waals surface area contributed by atoms with E-state index in [1.54, 1.807) is 0 Å². The predicted molar refractivity (Wildman–Crippen MR) is 127 cm³/mol. The number of aryl methyl sites for hydroxylation is 1. The molecule has 0 bridgehead atoms. The second-order valence-electron chi connectivity index (χ2n) is 8.01. The molecule has 33 heavy (non-hydrogen) atoms. The summed E-state index contributed by atoms with van der Waals surface area (Å²) in [5, 5.41) is 3.35. The van der Waals surface area contributed by atoms with Crippen molar-refractivity contribution in [3.05, 3.63) is 46.5 Å². The molecule has 0 spiro atoms. The molecule has 1 aliphatic heterocycles. The smallest absolute Gasteiger partial charge is 0.262 e. The van der Waals surface area contributed by atoms with Crippen molar-refractivity contribution >= 4 is 33.2 Å². The van der Waals surface area contributed by atoms with Crippen LogP contribution in [-0.2, 0) is 19.6 Å². The minimum absolute atomic E-state index is 0.0662. The number of carbonyl (C=O) groups excluding carboxylic acids is 1. The van der Waals surface area contributed by atoms with E-state index in [0.29, 0.717) is 29.7 Å². The van der Waals surface area contributed by atoms with E-state index in [4.69, 9.17) is 25.8 Å². The van der Waals surface area contributed by atoms with Crippen LogP contribution in [0, 0.1) is 6.92 Å². The molecule has 2 aromatic rings. The van der Waals surface area contributed by atoms with Crippen LogP contribution in [0.4, 0.5) is 5.69 Å². The Labute approximate surface area is 199 Å². The fourth-order valence-corrected chi connectivity index (χ4v) is 5.35. The molecule has 10 heteroatoms. The molecule has 0 atom stereocenters. The van der Waals surface area contributed by atoms with E-state index in [1.807, 2.05) is 32.9 Å². The Kier molecular flexibility index (Phi) is 8.23. The van der Waals surface area contributed by atoms with Crippen molar-refractivity contribution in [3.63, 3.8) is 0 Å². The average molecular weight is 497 g/mol. The van der Waals surface area contributed by atoms with Gasteiger partial charge >= 0.3 is 0 Å². The van der Waals surface area contributed by atoms with E-state index in [0.717, 1.165) is 11.1 Å². The number of benzene rings is 2. The second-order valence-corrected chi connectivity index (χ2v) is 10.4. The van der Waals surface area contributed by atoms with Crippen molar-refractivity contribution in [2.75, 3.05) is 45.3 Å². The summed E-state index contributed by atoms with van der Waals surface area (Å²) in [6, 6.07) is 8.02. The van der Waals surface area contributed by atoms with Gasteiger partial charge in [-0.05, 0) is 54.3 Å². The van der Waals surface area contributed by atoms with E-state index in [-0.39, 0.29) is 36.2 Å². The molecular formula is C23H29ClN2O6S. The van der Waals surface area contributed by atoms with Crippen molar-refractivity contribution in [2.45, 2.75) is 31.6 Å². The van der Waals surface area contributed by atoms with Crippen LogP contribution in [0.2, 0.25) is 5.02 Å². The molecule has 0 unspecified atom stereocenters. The van der Waals surface area contributed by atoms with Gasteiger partial charge in [0.1, 0.15) is 11.5 Å². The standard InChI is InChI=1S/C23H29ClN2O6S/c1-15(2)18-13-22(16(3)11-19(18)24)32-14-23(27)25-20-12-17(5-6-21(20)30-4)33(28,29)26-7-9-31-10-8-26/h5-6,11-13,15H,7-10,14H2,1-4H3,(H,25,27). The van der Waals surface area contributed by atoms with E-state index in [9.17, 15) is 13.2 Å². The van der Waals surface area contributed by atoms with Gasteiger partial charge in [-0.25, -0.2) is 8.42 Å². The third-order valence-electron chi connectivity index (χ3n) is 5.33. The number of anilines is 1. The number of hydrogen-bond donors (Lipinski definition) is 1. The van der Waals surface area contributed by atoms with Crippen LogP contribution in [0.5, 0.6) is 11.5 Å². The highest BCUT2D eigenvalue weighted by Crippen LogP contribution is 2.32. The lowest BCUT2D eigenvalue weighted by Gasteiger charge is -2.26. The number of hydrogen-bond acceptors (Lipinski definition) is 6. The van der Waals surface area contributed by atoms with Crippen LogP contribution in [0.15, 0.2) is 35.2 Å². The summed E-state index contributed by atoms with van der Waals surface area (Å²) in [5.41, 5.74) is 1.99. The normalized spacial score (nSPS) is 14.8. The monoisotopic (exact) mass is 496 g/mol. The van der Waals surface area contributed by atoms with Gasteiger partial charge in [-0.2, -0.15) is 4.31 Å². The van der Waals surface area contributed by atoms with Crippen LogP contribution in [0.25, 0.3) is 0 Å². The minimum atomic E-state index is -3.72. The highest BCUT2D eigenvalue weighted by atomic mass is 35.5. The zero-order chi connectivity index (χ0) is 24.2. The lowest BCUT2D eigenvalue weighted by atomic mass is 10.0. The van der Waals surface area contributed by atoms with Crippen LogP contribution < -0.4 is 14.8 Å². The van der Waals surface area contributed by atoms with Crippen molar-refractivity contribution in [1.29, 1.82) is 0 Å². The molecule has 0 aromatic heterocycles. The summed E-state index contributed by atoms with van der Waals surface area (Å²) in [4.78, 5) is 12.7. The summed E-state index contributed by atoms with van der Waals surface area (Å²) in [6.07, 6.45) is 0. The Morgan fingerprint density at radius 2 is 1.88 bits per heavy atom. The molecule has 8 nitrogen and oxygen atoms in total. The van der Waals surface area contributed by atoms with E-state index >= 15 is 0 Å². The van der Waals surface area contributed by atoms with Gasteiger partial charge in [-0.3, -0.25) is 4.79 Å². The van der Waals surface area contributed by atoms with E-state index in [2.05, 4.69) is 5.32 Å². The van der Waals surface area contributed by atoms with Crippen molar-refractivity contribution in [1.82, 2.24) is 4.31 Å². The fraction of sp³-hybridized carbons (Fsp3) is 0.435. The molecule has 1 fully saturated rings.